The van der Waals surface area contributed by atoms with Gasteiger partial charge in [-0.2, -0.15) is 13.2 Å². The summed E-state index contributed by atoms with van der Waals surface area (Å²) in [7, 11) is 1.80. The number of piperidine rings is 1. The van der Waals surface area contributed by atoms with Gasteiger partial charge < -0.3 is 15.2 Å². The second-order valence-electron chi connectivity index (χ2n) is 3.55. The number of hydrogen-bond acceptors (Lipinski definition) is 3. The lowest BCUT2D eigenvalue weighted by Crippen LogP contribution is -2.39. The number of methoxy groups -OCH3 is 1. The molecule has 1 saturated heterocycles. The second kappa shape index (κ2) is 6.70. The molecule has 0 spiro atoms. The van der Waals surface area contributed by atoms with Crippen LogP contribution in [0.1, 0.15) is 13.3 Å². The molecule has 1 rings (SSSR count). The number of nitrogens with one attached hydrogen (secondary N) is 1. The first-order valence-corrected chi connectivity index (χ1v) is 4.82. The Kier molecular flexibility index (Phi) is 6.35. The summed E-state index contributed by atoms with van der Waals surface area (Å²) < 4.78 is 37.0. The average Bonchev–Trinajstić information content (AvgIpc) is 2.18. The van der Waals surface area contributed by atoms with Gasteiger partial charge in [-0.15, -0.1) is 0 Å². The molecule has 0 aromatic carbocycles. The van der Waals surface area contributed by atoms with Gasteiger partial charge in [-0.05, 0) is 18.9 Å². The van der Waals surface area contributed by atoms with Crippen molar-refractivity contribution in [3.63, 3.8) is 0 Å². The number of aliphatic carboxylic acids is 1. The maximum absolute atomic E-state index is 10.6. The zero-order chi connectivity index (χ0) is 12.8. The van der Waals surface area contributed by atoms with Gasteiger partial charge in [-0.25, -0.2) is 4.79 Å². The fraction of sp³-hybridized carbons (Fsp3) is 0.889. The van der Waals surface area contributed by atoms with Crippen LogP contribution in [0.4, 0.5) is 13.2 Å². The van der Waals surface area contributed by atoms with Crippen LogP contribution >= 0.6 is 0 Å². The van der Waals surface area contributed by atoms with Crippen LogP contribution < -0.4 is 5.32 Å². The van der Waals surface area contributed by atoms with Crippen molar-refractivity contribution in [2.75, 3.05) is 20.2 Å². The molecule has 0 saturated carbocycles. The summed E-state index contributed by atoms with van der Waals surface area (Å²) in [5.41, 5.74) is 0. The molecule has 7 heteroatoms. The van der Waals surface area contributed by atoms with E-state index in [2.05, 4.69) is 12.2 Å². The third-order valence-electron chi connectivity index (χ3n) is 2.25. The lowest BCUT2D eigenvalue weighted by Gasteiger charge is -2.27. The Morgan fingerprint density at radius 2 is 2.00 bits per heavy atom. The molecule has 0 aliphatic carbocycles. The van der Waals surface area contributed by atoms with Crippen molar-refractivity contribution in [3.05, 3.63) is 0 Å². The van der Waals surface area contributed by atoms with E-state index in [4.69, 9.17) is 14.6 Å². The molecule has 0 aromatic rings. The van der Waals surface area contributed by atoms with Gasteiger partial charge in [-0.1, -0.05) is 6.92 Å². The molecule has 1 heterocycles. The molecule has 2 unspecified atom stereocenters. The largest absolute Gasteiger partial charge is 0.490 e. The molecule has 16 heavy (non-hydrogen) atoms. The molecule has 0 aromatic heterocycles. The van der Waals surface area contributed by atoms with E-state index in [9.17, 15) is 13.2 Å². The highest BCUT2D eigenvalue weighted by molar-refractivity contribution is 5.73. The Labute approximate surface area is 91.8 Å². The summed E-state index contributed by atoms with van der Waals surface area (Å²) in [5, 5.41) is 10.4. The standard InChI is InChI=1S/C7H15NO.C2HF3O2/c1-6-5-8-4-3-7(6)9-2;3-2(4,5)1(6)7/h6-8H,3-5H2,1-2H3;(H,6,7). The number of carboxylic acid groups (broad SMARTS) is 1. The highest BCUT2D eigenvalue weighted by Gasteiger charge is 2.38. The fourth-order valence-corrected chi connectivity index (χ4v) is 1.34. The van der Waals surface area contributed by atoms with E-state index in [0.29, 0.717) is 12.0 Å². The molecule has 1 fully saturated rings. The first-order valence-electron chi connectivity index (χ1n) is 4.82. The molecule has 1 aliphatic rings. The van der Waals surface area contributed by atoms with Gasteiger partial charge in [0.25, 0.3) is 0 Å². The van der Waals surface area contributed by atoms with Gasteiger partial charge >= 0.3 is 12.1 Å². The van der Waals surface area contributed by atoms with Crippen LogP contribution in [0.5, 0.6) is 0 Å². The number of halogens is 3. The van der Waals surface area contributed by atoms with Crippen LogP contribution in [-0.2, 0) is 9.53 Å². The van der Waals surface area contributed by atoms with Gasteiger partial charge in [0, 0.05) is 13.7 Å². The maximum atomic E-state index is 10.6. The summed E-state index contributed by atoms with van der Waals surface area (Å²) in [4.78, 5) is 8.90. The van der Waals surface area contributed by atoms with E-state index >= 15 is 0 Å². The molecule has 0 amide bonds. The van der Waals surface area contributed by atoms with Crippen molar-refractivity contribution in [2.45, 2.75) is 25.6 Å². The molecule has 2 atom stereocenters. The number of rotatable bonds is 1. The van der Waals surface area contributed by atoms with Crippen molar-refractivity contribution in [1.82, 2.24) is 5.32 Å². The Bertz CT molecular complexity index is 221. The Hall–Kier alpha value is -0.820. The minimum absolute atomic E-state index is 0.492. The highest BCUT2D eigenvalue weighted by Crippen LogP contribution is 2.13. The molecule has 4 nitrogen and oxygen atoms in total. The molecular weight excluding hydrogens is 227 g/mol. The summed E-state index contributed by atoms with van der Waals surface area (Å²) >= 11 is 0. The monoisotopic (exact) mass is 243 g/mol. The quantitative estimate of drug-likeness (QED) is 0.728. The zero-order valence-corrected chi connectivity index (χ0v) is 9.17. The van der Waals surface area contributed by atoms with Crippen LogP contribution in [0.3, 0.4) is 0 Å². The number of alkyl halides is 3. The van der Waals surface area contributed by atoms with E-state index in [1.807, 2.05) is 0 Å². The Balaban J connectivity index is 0.000000293. The summed E-state index contributed by atoms with van der Waals surface area (Å²) in [6, 6.07) is 0. The van der Waals surface area contributed by atoms with Crippen LogP contribution in [0.25, 0.3) is 0 Å². The first-order chi connectivity index (χ1) is 7.29. The van der Waals surface area contributed by atoms with Crippen molar-refractivity contribution < 1.29 is 27.8 Å². The van der Waals surface area contributed by atoms with E-state index in [-0.39, 0.29) is 0 Å². The van der Waals surface area contributed by atoms with E-state index < -0.39 is 12.1 Å². The number of carbonyl (C=O) groups is 1. The van der Waals surface area contributed by atoms with Crippen molar-refractivity contribution in [2.24, 2.45) is 5.92 Å². The SMILES string of the molecule is COC1CCNCC1C.O=C(O)C(F)(F)F. The number of hydrogen-bond donors (Lipinski definition) is 2. The smallest absolute Gasteiger partial charge is 0.475 e. The maximum Gasteiger partial charge on any atom is 0.490 e. The number of ether oxygens (including phenoxy) is 1. The van der Waals surface area contributed by atoms with E-state index in [1.54, 1.807) is 7.11 Å². The predicted octanol–water partition coefficient (Wildman–Crippen LogP) is 1.26. The van der Waals surface area contributed by atoms with E-state index in [0.717, 1.165) is 19.5 Å². The third-order valence-corrected chi connectivity index (χ3v) is 2.25. The molecular formula is C9H16F3NO3. The minimum atomic E-state index is -5.08. The van der Waals surface area contributed by atoms with Crippen LogP contribution in [0.2, 0.25) is 0 Å². The molecule has 1 aliphatic heterocycles. The fourth-order valence-electron chi connectivity index (χ4n) is 1.34. The molecule has 0 bridgehead atoms. The van der Waals surface area contributed by atoms with Crippen LogP contribution in [0.15, 0.2) is 0 Å². The molecule has 96 valence electrons. The number of carboxylic acids is 1. The second-order valence-corrected chi connectivity index (χ2v) is 3.55. The topological polar surface area (TPSA) is 58.6 Å². The van der Waals surface area contributed by atoms with Crippen molar-refractivity contribution >= 4 is 5.97 Å². The Morgan fingerprint density at radius 1 is 1.50 bits per heavy atom. The van der Waals surface area contributed by atoms with E-state index in [1.165, 1.54) is 0 Å². The molecule has 2 N–H and O–H groups in total. The van der Waals surface area contributed by atoms with Gasteiger partial charge in [-0.3, -0.25) is 0 Å². The van der Waals surface area contributed by atoms with Crippen LogP contribution in [0, 0.1) is 5.92 Å². The minimum Gasteiger partial charge on any atom is -0.475 e. The summed E-state index contributed by atoms with van der Waals surface area (Å²) in [6.45, 7) is 4.45. The highest BCUT2D eigenvalue weighted by atomic mass is 19.4. The van der Waals surface area contributed by atoms with Gasteiger partial charge in [0.05, 0.1) is 6.10 Å². The normalized spacial score (nSPS) is 25.6. The van der Waals surface area contributed by atoms with Crippen molar-refractivity contribution in [3.8, 4) is 0 Å². The molecule has 0 radical (unpaired) electrons. The van der Waals surface area contributed by atoms with Crippen molar-refractivity contribution in [1.29, 1.82) is 0 Å². The zero-order valence-electron chi connectivity index (χ0n) is 9.17. The average molecular weight is 243 g/mol. The summed E-state index contributed by atoms with van der Waals surface area (Å²) in [5.74, 6) is -2.07. The first kappa shape index (κ1) is 15.2. The van der Waals surface area contributed by atoms with Gasteiger partial charge in [0.15, 0.2) is 0 Å². The lowest BCUT2D eigenvalue weighted by atomic mass is 9.98. The van der Waals surface area contributed by atoms with Crippen LogP contribution in [-0.4, -0.2) is 43.6 Å². The summed E-state index contributed by atoms with van der Waals surface area (Å²) in [6.07, 6.45) is -3.43. The Morgan fingerprint density at radius 3 is 2.25 bits per heavy atom. The third kappa shape index (κ3) is 5.92. The van der Waals surface area contributed by atoms with Gasteiger partial charge in [0.2, 0.25) is 0 Å². The van der Waals surface area contributed by atoms with Gasteiger partial charge in [0.1, 0.15) is 0 Å². The lowest BCUT2D eigenvalue weighted by molar-refractivity contribution is -0.192. The predicted molar refractivity (Wildman–Crippen MR) is 51.1 cm³/mol.